The van der Waals surface area contributed by atoms with Gasteiger partial charge in [0.05, 0.1) is 0 Å². The van der Waals surface area contributed by atoms with Crippen molar-refractivity contribution in [1.82, 2.24) is 5.32 Å². The largest absolute Gasteiger partial charge is 0.351 e. The number of rotatable bonds is 6. The summed E-state index contributed by atoms with van der Waals surface area (Å²) in [6, 6.07) is 7.42. The lowest BCUT2D eigenvalue weighted by Crippen LogP contribution is -2.93. The third kappa shape index (κ3) is 5.19. The number of carbonyl (C=O) groups is 2. The number of nitrogens with one attached hydrogen (secondary N) is 1. The highest BCUT2D eigenvalue weighted by atomic mass is 16.2. The number of imide groups is 1. The zero-order valence-corrected chi connectivity index (χ0v) is 13.2. The van der Waals surface area contributed by atoms with Crippen LogP contribution in [0.3, 0.4) is 0 Å². The molecule has 0 heterocycles. The average molecular weight is 292 g/mol. The van der Waals surface area contributed by atoms with Crippen LogP contribution in [0.1, 0.15) is 44.9 Å². The molecule has 0 fully saturated rings. The van der Waals surface area contributed by atoms with Crippen LogP contribution in [-0.4, -0.2) is 18.0 Å². The number of carbonyl (C=O) groups excluding carboxylic acids is 2. The maximum absolute atomic E-state index is 11.8. The molecule has 0 aromatic heterocycles. The van der Waals surface area contributed by atoms with Gasteiger partial charge in [-0.3, -0.25) is 10.1 Å². The molecule has 0 aliphatic carbocycles. The molecule has 5 N–H and O–H groups in total. The maximum atomic E-state index is 11.8. The third-order valence-electron chi connectivity index (χ3n) is 3.65. The van der Waals surface area contributed by atoms with Crippen molar-refractivity contribution in [2.24, 2.45) is 11.7 Å². The Balaban J connectivity index is 2.81. The molecule has 5 heteroatoms. The molecule has 0 unspecified atom stereocenters. The first-order valence-electron chi connectivity index (χ1n) is 7.39. The van der Waals surface area contributed by atoms with Crippen LogP contribution in [0.15, 0.2) is 24.3 Å². The van der Waals surface area contributed by atoms with Crippen LogP contribution >= 0.6 is 0 Å². The summed E-state index contributed by atoms with van der Waals surface area (Å²) in [4.78, 5) is 22.6. The van der Waals surface area contributed by atoms with Gasteiger partial charge in [0.1, 0.15) is 6.04 Å². The van der Waals surface area contributed by atoms with Crippen molar-refractivity contribution in [2.75, 3.05) is 0 Å². The van der Waals surface area contributed by atoms with Crippen molar-refractivity contribution >= 4 is 11.9 Å². The summed E-state index contributed by atoms with van der Waals surface area (Å²) in [6.45, 7) is 8.13. The lowest BCUT2D eigenvalue weighted by molar-refractivity contribution is -0.719. The second-order valence-electron chi connectivity index (χ2n) is 5.70. The normalized spacial score (nSPS) is 13.8. The lowest BCUT2D eigenvalue weighted by Gasteiger charge is -2.23. The van der Waals surface area contributed by atoms with E-state index >= 15 is 0 Å². The van der Waals surface area contributed by atoms with E-state index in [1.165, 1.54) is 11.1 Å². The number of urea groups is 1. The average Bonchev–Trinajstić information content (AvgIpc) is 2.43. The van der Waals surface area contributed by atoms with Gasteiger partial charge in [0.25, 0.3) is 5.91 Å². The van der Waals surface area contributed by atoms with Gasteiger partial charge in [0.2, 0.25) is 0 Å². The van der Waals surface area contributed by atoms with E-state index in [-0.39, 0.29) is 18.0 Å². The van der Waals surface area contributed by atoms with Crippen LogP contribution in [0.2, 0.25) is 0 Å². The highest BCUT2D eigenvalue weighted by molar-refractivity contribution is 5.95. The van der Waals surface area contributed by atoms with Gasteiger partial charge < -0.3 is 11.1 Å². The van der Waals surface area contributed by atoms with Crippen LogP contribution in [0.25, 0.3) is 0 Å². The summed E-state index contributed by atoms with van der Waals surface area (Å²) in [5, 5.41) is 4.10. The van der Waals surface area contributed by atoms with E-state index in [0.717, 1.165) is 6.42 Å². The molecule has 0 saturated carbocycles. The zero-order valence-electron chi connectivity index (χ0n) is 13.2. The van der Waals surface area contributed by atoms with Crippen molar-refractivity contribution in [3.8, 4) is 0 Å². The van der Waals surface area contributed by atoms with Crippen LogP contribution in [0, 0.1) is 5.92 Å². The van der Waals surface area contributed by atoms with Gasteiger partial charge in [-0.1, -0.05) is 45.0 Å². The monoisotopic (exact) mass is 292 g/mol. The number of hydrogen-bond acceptors (Lipinski definition) is 2. The van der Waals surface area contributed by atoms with Gasteiger partial charge in [-0.05, 0) is 18.9 Å². The molecular weight excluding hydrogens is 266 g/mol. The zero-order chi connectivity index (χ0) is 16.0. The van der Waals surface area contributed by atoms with E-state index in [2.05, 4.69) is 50.4 Å². The summed E-state index contributed by atoms with van der Waals surface area (Å²) in [6.07, 6.45) is 1.01. The summed E-state index contributed by atoms with van der Waals surface area (Å²) >= 11 is 0. The van der Waals surface area contributed by atoms with E-state index in [4.69, 9.17) is 5.73 Å². The molecule has 0 aliphatic rings. The molecule has 2 atom stereocenters. The van der Waals surface area contributed by atoms with Gasteiger partial charge >= 0.3 is 6.03 Å². The summed E-state index contributed by atoms with van der Waals surface area (Å²) < 4.78 is 0. The van der Waals surface area contributed by atoms with Gasteiger partial charge in [-0.25, -0.2) is 4.79 Å². The first-order valence-corrected chi connectivity index (χ1v) is 7.39. The number of amides is 3. The Bertz CT molecular complexity index is 483. The van der Waals surface area contributed by atoms with Crippen LogP contribution in [0.4, 0.5) is 4.79 Å². The Hall–Kier alpha value is -1.88. The first-order chi connectivity index (χ1) is 9.85. The Kier molecular flexibility index (Phi) is 6.37. The van der Waals surface area contributed by atoms with Crippen LogP contribution in [0.5, 0.6) is 0 Å². The van der Waals surface area contributed by atoms with Crippen molar-refractivity contribution in [1.29, 1.82) is 0 Å². The summed E-state index contributed by atoms with van der Waals surface area (Å²) in [5.74, 6) is -0.000340. The molecular formula is C16H26N3O2+. The molecule has 1 aromatic rings. The fourth-order valence-corrected chi connectivity index (χ4v) is 2.33. The molecule has 1 rings (SSSR count). The predicted octanol–water partition coefficient (Wildman–Crippen LogP) is 1.09. The standard InChI is InChI=1S/C16H25N3O2/c1-5-12-6-8-13(9-7-12)14(10(2)3)18-11(4)15(20)19-16(17)21/h6-11,14,18H,5H2,1-4H3,(H3,17,19,20,21)/p+1/t11-,14+/m0/s1. The Morgan fingerprint density at radius 1 is 1.19 bits per heavy atom. The Labute approximate surface area is 126 Å². The molecule has 1 aromatic carbocycles. The molecule has 0 spiro atoms. The van der Waals surface area contributed by atoms with Crippen molar-refractivity contribution in [2.45, 2.75) is 46.2 Å². The highest BCUT2D eigenvalue weighted by Gasteiger charge is 2.26. The minimum Gasteiger partial charge on any atom is -0.351 e. The number of aryl methyl sites for hydroxylation is 1. The number of nitrogens with two attached hydrogens (primary N) is 2. The third-order valence-corrected chi connectivity index (χ3v) is 3.65. The molecule has 0 aliphatic heterocycles. The summed E-state index contributed by atoms with van der Waals surface area (Å²) in [7, 11) is 0. The number of hydrogen-bond donors (Lipinski definition) is 3. The van der Waals surface area contributed by atoms with Crippen molar-refractivity contribution in [3.63, 3.8) is 0 Å². The number of benzene rings is 1. The summed E-state index contributed by atoms with van der Waals surface area (Å²) in [5.41, 5.74) is 7.45. The van der Waals surface area contributed by atoms with Crippen LogP contribution < -0.4 is 16.4 Å². The quantitative estimate of drug-likeness (QED) is 0.733. The minimum atomic E-state index is -0.811. The second-order valence-corrected chi connectivity index (χ2v) is 5.70. The first kappa shape index (κ1) is 17.2. The molecule has 116 valence electrons. The van der Waals surface area contributed by atoms with Gasteiger partial charge in [0.15, 0.2) is 6.04 Å². The minimum absolute atomic E-state index is 0.157. The molecule has 21 heavy (non-hydrogen) atoms. The molecule has 5 nitrogen and oxygen atoms in total. The van der Waals surface area contributed by atoms with Gasteiger partial charge in [0, 0.05) is 11.5 Å². The Morgan fingerprint density at radius 3 is 2.19 bits per heavy atom. The lowest BCUT2D eigenvalue weighted by atomic mass is 9.94. The van der Waals surface area contributed by atoms with Crippen molar-refractivity contribution < 1.29 is 14.9 Å². The highest BCUT2D eigenvalue weighted by Crippen LogP contribution is 2.18. The van der Waals surface area contributed by atoms with E-state index in [9.17, 15) is 9.59 Å². The van der Waals surface area contributed by atoms with Gasteiger partial charge in [-0.15, -0.1) is 0 Å². The molecule has 3 amide bonds. The molecule has 0 radical (unpaired) electrons. The van der Waals surface area contributed by atoms with Crippen molar-refractivity contribution in [3.05, 3.63) is 35.4 Å². The number of quaternary nitrogens is 1. The molecule has 0 saturated heterocycles. The van der Waals surface area contributed by atoms with E-state index in [1.807, 2.05) is 5.32 Å². The Morgan fingerprint density at radius 2 is 1.76 bits per heavy atom. The van der Waals surface area contributed by atoms with E-state index in [0.29, 0.717) is 5.92 Å². The fraction of sp³-hybridized carbons (Fsp3) is 0.500. The smallest absolute Gasteiger partial charge is 0.319 e. The maximum Gasteiger partial charge on any atom is 0.319 e. The SMILES string of the molecule is CCc1ccc([C@H]([NH2+][C@@H](C)C(=O)NC(N)=O)C(C)C)cc1. The van der Waals surface area contributed by atoms with E-state index in [1.54, 1.807) is 6.92 Å². The van der Waals surface area contributed by atoms with Crippen LogP contribution in [-0.2, 0) is 11.2 Å². The second kappa shape index (κ2) is 7.78. The predicted molar refractivity (Wildman–Crippen MR) is 82.5 cm³/mol. The molecule has 0 bridgehead atoms. The fourth-order valence-electron chi connectivity index (χ4n) is 2.33. The number of primary amides is 1. The topological polar surface area (TPSA) is 88.8 Å². The van der Waals surface area contributed by atoms with Gasteiger partial charge in [-0.2, -0.15) is 0 Å². The van der Waals surface area contributed by atoms with E-state index < -0.39 is 6.03 Å².